The van der Waals surface area contributed by atoms with Gasteiger partial charge in [-0.15, -0.1) is 0 Å². The van der Waals surface area contributed by atoms with Crippen LogP contribution in [0.15, 0.2) is 35.1 Å². The van der Waals surface area contributed by atoms with E-state index in [1.165, 1.54) is 18.8 Å². The van der Waals surface area contributed by atoms with Crippen LogP contribution in [0.1, 0.15) is 28.4 Å². The summed E-state index contributed by atoms with van der Waals surface area (Å²) in [6.45, 7) is 0.862. The molecule has 0 saturated heterocycles. The molecule has 8 nitrogen and oxygen atoms in total. The Bertz CT molecular complexity index is 878. The van der Waals surface area contributed by atoms with Gasteiger partial charge in [-0.3, -0.25) is 14.2 Å². The summed E-state index contributed by atoms with van der Waals surface area (Å²) in [6.07, 6.45) is 0.636. The van der Waals surface area contributed by atoms with Gasteiger partial charge in [-0.2, -0.15) is 4.98 Å². The van der Waals surface area contributed by atoms with Gasteiger partial charge in [-0.05, 0) is 5.56 Å². The van der Waals surface area contributed by atoms with Gasteiger partial charge in [0.05, 0.1) is 26.7 Å². The number of rotatable bonds is 6. The molecule has 2 heterocycles. The molecule has 136 valence electrons. The maximum Gasteiger partial charge on any atom is 0.352 e. The van der Waals surface area contributed by atoms with Crippen molar-refractivity contribution in [3.8, 4) is 5.88 Å². The predicted octanol–water partition coefficient (Wildman–Crippen LogP) is 1.19. The number of carbonyl (C=O) groups excluding carboxylic acids is 2. The molecule has 0 bridgehead atoms. The highest BCUT2D eigenvalue weighted by Gasteiger charge is 2.35. The molecule has 1 unspecified atom stereocenters. The molecule has 1 atom stereocenters. The van der Waals surface area contributed by atoms with Gasteiger partial charge >= 0.3 is 11.7 Å². The van der Waals surface area contributed by atoms with E-state index in [1.807, 2.05) is 35.2 Å². The fourth-order valence-corrected chi connectivity index (χ4v) is 3.22. The monoisotopic (exact) mass is 357 g/mol. The zero-order valence-electron chi connectivity index (χ0n) is 14.5. The Kier molecular flexibility index (Phi) is 5.01. The minimum atomic E-state index is -0.563. The van der Waals surface area contributed by atoms with E-state index in [1.54, 1.807) is 0 Å². The van der Waals surface area contributed by atoms with Crippen LogP contribution in [0.3, 0.4) is 0 Å². The van der Waals surface area contributed by atoms with Crippen molar-refractivity contribution in [3.63, 3.8) is 0 Å². The summed E-state index contributed by atoms with van der Waals surface area (Å²) in [7, 11) is 2.65. The summed E-state index contributed by atoms with van der Waals surface area (Å²) in [5.41, 5.74) is 0.639. The molecule has 0 N–H and O–H groups in total. The van der Waals surface area contributed by atoms with Crippen molar-refractivity contribution in [2.45, 2.75) is 19.0 Å². The van der Waals surface area contributed by atoms with Crippen molar-refractivity contribution < 1.29 is 19.1 Å². The van der Waals surface area contributed by atoms with Crippen LogP contribution in [0.4, 0.5) is 5.82 Å². The zero-order chi connectivity index (χ0) is 18.7. The summed E-state index contributed by atoms with van der Waals surface area (Å²) in [5.74, 6) is -0.0412. The Balaban J connectivity index is 2.10. The van der Waals surface area contributed by atoms with Crippen molar-refractivity contribution in [3.05, 3.63) is 51.9 Å². The first-order valence-electron chi connectivity index (χ1n) is 8.10. The minimum Gasteiger partial charge on any atom is -0.480 e. The largest absolute Gasteiger partial charge is 0.480 e. The number of fused-ring (bicyclic) bond motifs is 1. The minimum absolute atomic E-state index is 0.0149. The standard InChI is InChI=1S/C18H19N3O5/c1-25-15(23)8-13-10-20(9-12-6-4-3-5-7-12)17-14(11-22)16(26-2)19-18(24)21(13)17/h3-7,11,13H,8-10H2,1-2H3. The molecular formula is C18H19N3O5. The molecule has 0 spiro atoms. The van der Waals surface area contributed by atoms with Gasteiger partial charge < -0.3 is 14.4 Å². The third-order valence-electron chi connectivity index (χ3n) is 4.36. The van der Waals surface area contributed by atoms with E-state index in [2.05, 4.69) is 4.98 Å². The summed E-state index contributed by atoms with van der Waals surface area (Å²) >= 11 is 0. The first kappa shape index (κ1) is 17.7. The average Bonchev–Trinajstić information content (AvgIpc) is 3.00. The van der Waals surface area contributed by atoms with Gasteiger partial charge in [0.1, 0.15) is 11.4 Å². The Hall–Kier alpha value is -3.16. The zero-order valence-corrected chi connectivity index (χ0v) is 14.5. The van der Waals surface area contributed by atoms with Crippen LogP contribution < -0.4 is 15.3 Å². The molecule has 1 aromatic heterocycles. The molecule has 0 amide bonds. The highest BCUT2D eigenvalue weighted by atomic mass is 16.5. The van der Waals surface area contributed by atoms with Crippen molar-refractivity contribution >= 4 is 18.1 Å². The number of hydrogen-bond donors (Lipinski definition) is 0. The predicted molar refractivity (Wildman–Crippen MR) is 93.6 cm³/mol. The van der Waals surface area contributed by atoms with Gasteiger partial charge in [0, 0.05) is 13.1 Å². The van der Waals surface area contributed by atoms with E-state index in [0.717, 1.165) is 5.56 Å². The van der Waals surface area contributed by atoms with Crippen LogP contribution in [-0.2, 0) is 16.1 Å². The highest BCUT2D eigenvalue weighted by molar-refractivity contribution is 5.87. The van der Waals surface area contributed by atoms with Gasteiger partial charge in [-0.25, -0.2) is 4.79 Å². The number of nitrogens with zero attached hydrogens (tertiary/aromatic N) is 3. The SMILES string of the molecule is COC(=O)CC1CN(Cc2ccccc2)c2c(C=O)c(OC)nc(=O)n21. The quantitative estimate of drug-likeness (QED) is 0.566. The highest BCUT2D eigenvalue weighted by Crippen LogP contribution is 2.35. The maximum absolute atomic E-state index is 12.5. The molecule has 0 radical (unpaired) electrons. The van der Waals surface area contributed by atoms with Crippen LogP contribution in [0.2, 0.25) is 0 Å². The number of aldehydes is 1. The average molecular weight is 357 g/mol. The molecule has 2 aromatic rings. The molecular weight excluding hydrogens is 338 g/mol. The fraction of sp³-hybridized carbons (Fsp3) is 0.333. The fourth-order valence-electron chi connectivity index (χ4n) is 3.22. The molecule has 0 fully saturated rings. The first-order chi connectivity index (χ1) is 12.6. The second kappa shape index (κ2) is 7.38. The number of ether oxygens (including phenoxy) is 2. The summed E-state index contributed by atoms with van der Waals surface area (Å²) in [6, 6.07) is 9.18. The Labute approximate surface area is 150 Å². The first-order valence-corrected chi connectivity index (χ1v) is 8.10. The lowest BCUT2D eigenvalue weighted by atomic mass is 10.2. The lowest BCUT2D eigenvalue weighted by molar-refractivity contribution is -0.141. The Morgan fingerprint density at radius 2 is 2.04 bits per heavy atom. The van der Waals surface area contributed by atoms with Crippen molar-refractivity contribution in [1.82, 2.24) is 9.55 Å². The van der Waals surface area contributed by atoms with Crippen LogP contribution in [0.25, 0.3) is 0 Å². The van der Waals surface area contributed by atoms with Crippen molar-refractivity contribution in [2.75, 3.05) is 25.7 Å². The van der Waals surface area contributed by atoms with Crippen molar-refractivity contribution in [1.29, 1.82) is 0 Å². The third-order valence-corrected chi connectivity index (χ3v) is 4.36. The van der Waals surface area contributed by atoms with Crippen molar-refractivity contribution in [2.24, 2.45) is 0 Å². The van der Waals surface area contributed by atoms with Gasteiger partial charge in [0.2, 0.25) is 5.88 Å². The number of anilines is 1. The van der Waals surface area contributed by atoms with E-state index in [0.29, 0.717) is 25.2 Å². The number of benzene rings is 1. The molecule has 26 heavy (non-hydrogen) atoms. The summed E-state index contributed by atoms with van der Waals surface area (Å²) in [4.78, 5) is 41.7. The lowest BCUT2D eigenvalue weighted by Crippen LogP contribution is -2.27. The molecule has 1 aromatic carbocycles. The second-order valence-corrected chi connectivity index (χ2v) is 5.93. The number of hydrogen-bond acceptors (Lipinski definition) is 7. The van der Waals surface area contributed by atoms with Crippen LogP contribution in [0.5, 0.6) is 5.88 Å². The van der Waals surface area contributed by atoms with E-state index >= 15 is 0 Å². The summed E-state index contributed by atoms with van der Waals surface area (Å²) < 4.78 is 11.2. The van der Waals surface area contributed by atoms with Gasteiger partial charge in [-0.1, -0.05) is 30.3 Å². The Morgan fingerprint density at radius 3 is 2.65 bits per heavy atom. The molecule has 8 heteroatoms. The van der Waals surface area contributed by atoms with E-state index in [4.69, 9.17) is 9.47 Å². The molecule has 1 aliphatic rings. The van der Waals surface area contributed by atoms with Crippen LogP contribution >= 0.6 is 0 Å². The number of carbonyl (C=O) groups is 2. The third kappa shape index (κ3) is 3.17. The molecule has 0 aliphatic carbocycles. The summed E-state index contributed by atoms with van der Waals surface area (Å²) in [5, 5.41) is 0. The van der Waals surface area contributed by atoms with E-state index in [9.17, 15) is 14.4 Å². The number of esters is 1. The Morgan fingerprint density at radius 1 is 1.31 bits per heavy atom. The van der Waals surface area contributed by atoms with E-state index in [-0.39, 0.29) is 17.9 Å². The lowest BCUT2D eigenvalue weighted by Gasteiger charge is -2.20. The molecule has 3 rings (SSSR count). The van der Waals surface area contributed by atoms with Gasteiger partial charge in [0.25, 0.3) is 0 Å². The van der Waals surface area contributed by atoms with Gasteiger partial charge in [0.15, 0.2) is 6.29 Å². The smallest absolute Gasteiger partial charge is 0.352 e. The molecule has 0 saturated carbocycles. The number of aromatic nitrogens is 2. The normalized spacial score (nSPS) is 15.5. The second-order valence-electron chi connectivity index (χ2n) is 5.93. The van der Waals surface area contributed by atoms with E-state index < -0.39 is 17.7 Å². The molecule has 1 aliphatic heterocycles. The van der Waals surface area contributed by atoms with Crippen LogP contribution in [-0.4, -0.2) is 42.6 Å². The van der Waals surface area contributed by atoms with Crippen LogP contribution in [0, 0.1) is 0 Å². The maximum atomic E-state index is 12.5. The number of methoxy groups -OCH3 is 2. The topological polar surface area (TPSA) is 90.7 Å².